The average Bonchev–Trinajstić information content (AvgIpc) is 3.12. The van der Waals surface area contributed by atoms with E-state index < -0.39 is 5.97 Å². The number of hydrogen-bond acceptors (Lipinski definition) is 4. The van der Waals surface area contributed by atoms with Crippen molar-refractivity contribution in [2.24, 2.45) is 0 Å². The predicted octanol–water partition coefficient (Wildman–Crippen LogP) is 2.49. The van der Waals surface area contributed by atoms with Gasteiger partial charge >= 0.3 is 5.97 Å². The molecule has 0 bridgehead atoms. The number of aromatic nitrogens is 4. The van der Waals surface area contributed by atoms with Crippen LogP contribution in [0.4, 0.5) is 0 Å². The zero-order chi connectivity index (χ0) is 15.1. The highest BCUT2D eigenvalue weighted by molar-refractivity contribution is 5.95. The molecule has 0 radical (unpaired) electrons. The Morgan fingerprint density at radius 2 is 2.09 bits per heavy atom. The molecule has 108 valence electrons. The topological polar surface area (TPSA) is 72.8 Å². The maximum absolute atomic E-state index is 12.3. The van der Waals surface area contributed by atoms with Crippen LogP contribution in [0.1, 0.15) is 15.9 Å². The van der Waals surface area contributed by atoms with Gasteiger partial charge in [0.05, 0.1) is 5.56 Å². The quantitative estimate of drug-likeness (QED) is 0.576. The summed E-state index contributed by atoms with van der Waals surface area (Å²) in [6.45, 7) is 2.01. The Hall–Kier alpha value is -3.15. The van der Waals surface area contributed by atoms with Crippen molar-refractivity contribution in [2.45, 2.75) is 6.92 Å². The summed E-state index contributed by atoms with van der Waals surface area (Å²) in [5, 5.41) is 8.88. The first kappa shape index (κ1) is 12.6. The predicted molar refractivity (Wildman–Crippen MR) is 81.5 cm³/mol. The van der Waals surface area contributed by atoms with E-state index in [-0.39, 0.29) is 0 Å². The van der Waals surface area contributed by atoms with E-state index in [4.69, 9.17) is 4.84 Å². The van der Waals surface area contributed by atoms with Crippen LogP contribution < -0.4 is 4.84 Å². The molecule has 6 heteroatoms. The normalized spacial score (nSPS) is 11.1. The van der Waals surface area contributed by atoms with Gasteiger partial charge in [0, 0.05) is 17.1 Å². The average molecular weight is 292 g/mol. The molecule has 1 N–H and O–H groups in total. The number of aryl methyl sites for hydroxylation is 1. The van der Waals surface area contributed by atoms with Crippen molar-refractivity contribution in [2.75, 3.05) is 0 Å². The van der Waals surface area contributed by atoms with Gasteiger partial charge in [0.1, 0.15) is 11.0 Å². The summed E-state index contributed by atoms with van der Waals surface area (Å²) in [5.74, 6) is -0.482. The van der Waals surface area contributed by atoms with Crippen LogP contribution in [-0.2, 0) is 0 Å². The first-order valence-electron chi connectivity index (χ1n) is 6.83. The molecule has 4 rings (SSSR count). The van der Waals surface area contributed by atoms with Crippen molar-refractivity contribution in [1.29, 1.82) is 0 Å². The SMILES string of the molecule is Cc1c[nH]c2cc(C(=O)On3nnc4ccccc43)ccc12. The third kappa shape index (κ3) is 1.93. The Labute approximate surface area is 125 Å². The Kier molecular flexibility index (Phi) is 2.69. The molecular formula is C16H12N4O2. The molecule has 0 aliphatic rings. The molecule has 0 unspecified atom stereocenters. The zero-order valence-electron chi connectivity index (χ0n) is 11.8. The van der Waals surface area contributed by atoms with E-state index in [9.17, 15) is 4.79 Å². The number of para-hydroxylation sites is 1. The molecule has 6 nitrogen and oxygen atoms in total. The van der Waals surface area contributed by atoms with Crippen LogP contribution in [0, 0.1) is 6.92 Å². The summed E-state index contributed by atoms with van der Waals surface area (Å²) < 4.78 is 0. The van der Waals surface area contributed by atoms with Gasteiger partial charge in [0.15, 0.2) is 0 Å². The Bertz CT molecular complexity index is 1000. The Morgan fingerprint density at radius 3 is 3.00 bits per heavy atom. The lowest BCUT2D eigenvalue weighted by Gasteiger charge is -2.03. The molecule has 0 saturated heterocycles. The van der Waals surface area contributed by atoms with Crippen LogP contribution in [-0.4, -0.2) is 26.1 Å². The van der Waals surface area contributed by atoms with Crippen molar-refractivity contribution >= 4 is 27.9 Å². The highest BCUT2D eigenvalue weighted by atomic mass is 16.7. The second-order valence-electron chi connectivity index (χ2n) is 5.06. The second-order valence-corrected chi connectivity index (χ2v) is 5.06. The van der Waals surface area contributed by atoms with E-state index in [0.717, 1.165) is 21.3 Å². The number of nitrogens with one attached hydrogen (secondary N) is 1. The molecule has 0 fully saturated rings. The second kappa shape index (κ2) is 4.70. The molecule has 0 saturated carbocycles. The van der Waals surface area contributed by atoms with Gasteiger partial charge in [-0.2, -0.15) is 0 Å². The third-order valence-corrected chi connectivity index (χ3v) is 3.62. The number of benzene rings is 2. The summed E-state index contributed by atoms with van der Waals surface area (Å²) >= 11 is 0. The van der Waals surface area contributed by atoms with Crippen LogP contribution in [0.5, 0.6) is 0 Å². The van der Waals surface area contributed by atoms with E-state index in [1.165, 1.54) is 0 Å². The van der Waals surface area contributed by atoms with Crippen molar-refractivity contribution in [1.82, 2.24) is 20.1 Å². The van der Waals surface area contributed by atoms with Crippen molar-refractivity contribution in [3.8, 4) is 0 Å². The fraction of sp³-hybridized carbons (Fsp3) is 0.0625. The molecule has 0 amide bonds. The van der Waals surface area contributed by atoms with E-state index >= 15 is 0 Å². The van der Waals surface area contributed by atoms with Crippen LogP contribution in [0.3, 0.4) is 0 Å². The number of hydrogen-bond donors (Lipinski definition) is 1. The van der Waals surface area contributed by atoms with Crippen LogP contribution >= 0.6 is 0 Å². The number of aromatic amines is 1. The lowest BCUT2D eigenvalue weighted by atomic mass is 10.1. The van der Waals surface area contributed by atoms with E-state index in [2.05, 4.69) is 15.3 Å². The van der Waals surface area contributed by atoms with Gasteiger partial charge in [-0.05, 0) is 42.0 Å². The minimum Gasteiger partial charge on any atom is -0.361 e. The Balaban J connectivity index is 1.68. The Morgan fingerprint density at radius 1 is 1.23 bits per heavy atom. The fourth-order valence-electron chi connectivity index (χ4n) is 2.44. The third-order valence-electron chi connectivity index (χ3n) is 3.62. The number of carbonyl (C=O) groups excluding carboxylic acids is 1. The van der Waals surface area contributed by atoms with Crippen molar-refractivity contribution < 1.29 is 9.63 Å². The summed E-state index contributed by atoms with van der Waals surface area (Å²) in [7, 11) is 0. The lowest BCUT2D eigenvalue weighted by Crippen LogP contribution is -2.21. The van der Waals surface area contributed by atoms with Gasteiger partial charge in [-0.15, -0.1) is 5.10 Å². The highest BCUT2D eigenvalue weighted by Crippen LogP contribution is 2.19. The monoisotopic (exact) mass is 292 g/mol. The van der Waals surface area contributed by atoms with Crippen molar-refractivity contribution in [3.05, 3.63) is 59.8 Å². The molecule has 4 aromatic rings. The van der Waals surface area contributed by atoms with E-state index in [0.29, 0.717) is 16.6 Å². The van der Waals surface area contributed by atoms with Crippen molar-refractivity contribution in [3.63, 3.8) is 0 Å². The molecule has 0 aliphatic heterocycles. The molecule has 2 aromatic carbocycles. The summed E-state index contributed by atoms with van der Waals surface area (Å²) in [5.41, 5.74) is 3.81. The summed E-state index contributed by atoms with van der Waals surface area (Å²) in [6.07, 6.45) is 1.91. The summed E-state index contributed by atoms with van der Waals surface area (Å²) in [4.78, 5) is 21.9. The van der Waals surface area contributed by atoms with Gasteiger partial charge in [0.2, 0.25) is 0 Å². The zero-order valence-corrected chi connectivity index (χ0v) is 11.8. The van der Waals surface area contributed by atoms with Gasteiger partial charge in [0.25, 0.3) is 0 Å². The van der Waals surface area contributed by atoms with E-state index in [1.807, 2.05) is 31.3 Å². The first-order valence-corrected chi connectivity index (χ1v) is 6.83. The standard InChI is InChI=1S/C16H12N4O2/c1-10-9-17-14-8-11(6-7-12(10)14)16(21)22-20-15-5-3-2-4-13(15)18-19-20/h2-9,17H,1H3. The molecule has 0 atom stereocenters. The molecule has 0 aliphatic carbocycles. The number of rotatable bonds is 2. The van der Waals surface area contributed by atoms with Gasteiger partial charge < -0.3 is 9.82 Å². The molecular weight excluding hydrogens is 280 g/mol. The molecule has 2 heterocycles. The van der Waals surface area contributed by atoms with Gasteiger partial charge in [-0.1, -0.05) is 23.0 Å². The minimum atomic E-state index is -0.482. The largest absolute Gasteiger partial charge is 0.365 e. The number of fused-ring (bicyclic) bond motifs is 2. The van der Waals surface area contributed by atoms with E-state index in [1.54, 1.807) is 24.3 Å². The fourth-order valence-corrected chi connectivity index (χ4v) is 2.44. The number of H-pyrrole nitrogens is 1. The van der Waals surface area contributed by atoms with Crippen LogP contribution in [0.25, 0.3) is 21.9 Å². The lowest BCUT2D eigenvalue weighted by molar-refractivity contribution is 0.0409. The minimum absolute atomic E-state index is 0.453. The summed E-state index contributed by atoms with van der Waals surface area (Å²) in [6, 6.07) is 12.7. The smallest absolute Gasteiger partial charge is 0.361 e. The van der Waals surface area contributed by atoms with Gasteiger partial charge in [-0.25, -0.2) is 4.79 Å². The number of carbonyl (C=O) groups is 1. The number of nitrogens with zero attached hydrogens (tertiary/aromatic N) is 3. The maximum atomic E-state index is 12.3. The van der Waals surface area contributed by atoms with Crippen LogP contribution in [0.15, 0.2) is 48.7 Å². The first-order chi connectivity index (χ1) is 10.7. The maximum Gasteiger partial charge on any atom is 0.365 e. The highest BCUT2D eigenvalue weighted by Gasteiger charge is 2.13. The molecule has 0 spiro atoms. The van der Waals surface area contributed by atoms with Crippen LogP contribution in [0.2, 0.25) is 0 Å². The molecule has 22 heavy (non-hydrogen) atoms. The van der Waals surface area contributed by atoms with Gasteiger partial charge in [-0.3, -0.25) is 0 Å². The molecule has 2 aromatic heterocycles.